The Morgan fingerprint density at radius 3 is 2.55 bits per heavy atom. The second-order valence-corrected chi connectivity index (χ2v) is 5.41. The van der Waals surface area contributed by atoms with Crippen LogP contribution in [0.1, 0.15) is 12.8 Å². The number of ether oxygens (including phenoxy) is 1. The lowest BCUT2D eigenvalue weighted by Gasteiger charge is -2.14. The number of nitrogens with two attached hydrogens (primary N) is 1. The Kier molecular flexibility index (Phi) is 3.40. The van der Waals surface area contributed by atoms with Gasteiger partial charge in [-0.05, 0) is 36.6 Å². The fourth-order valence-corrected chi connectivity index (χ4v) is 2.12. The minimum atomic E-state index is -0.243. The van der Waals surface area contributed by atoms with Crippen molar-refractivity contribution in [3.8, 4) is 16.9 Å². The van der Waals surface area contributed by atoms with Gasteiger partial charge < -0.3 is 10.5 Å². The minimum Gasteiger partial charge on any atom is -0.491 e. The summed E-state index contributed by atoms with van der Waals surface area (Å²) in [7, 11) is 0. The molecule has 0 spiro atoms. The zero-order chi connectivity index (χ0) is 14.0. The topological polar surface area (TPSA) is 48.1 Å². The summed E-state index contributed by atoms with van der Waals surface area (Å²) >= 11 is 0. The van der Waals surface area contributed by atoms with Crippen molar-refractivity contribution in [3.05, 3.63) is 48.5 Å². The number of hydrogen-bond acceptors (Lipinski definition) is 3. The van der Waals surface area contributed by atoms with Gasteiger partial charge in [-0.2, -0.15) is 0 Å². The van der Waals surface area contributed by atoms with Gasteiger partial charge in [0.2, 0.25) is 0 Å². The van der Waals surface area contributed by atoms with Gasteiger partial charge in [-0.3, -0.25) is 4.98 Å². The molecule has 0 amide bonds. The molecule has 104 valence electrons. The van der Waals surface area contributed by atoms with E-state index in [-0.39, 0.29) is 11.2 Å². The van der Waals surface area contributed by atoms with E-state index in [1.54, 1.807) is 24.5 Å². The fourth-order valence-electron chi connectivity index (χ4n) is 2.12. The second-order valence-electron chi connectivity index (χ2n) is 5.41. The molecule has 0 aliphatic heterocycles. The molecule has 1 saturated carbocycles. The molecule has 1 aliphatic rings. The summed E-state index contributed by atoms with van der Waals surface area (Å²) in [4.78, 5) is 4.18. The van der Waals surface area contributed by atoms with Gasteiger partial charge in [-0.15, -0.1) is 0 Å². The highest BCUT2D eigenvalue weighted by Crippen LogP contribution is 2.44. The predicted octanol–water partition coefficient (Wildman–Crippen LogP) is 3.01. The van der Waals surface area contributed by atoms with Crippen molar-refractivity contribution in [1.82, 2.24) is 4.98 Å². The summed E-state index contributed by atoms with van der Waals surface area (Å²) in [6.45, 7) is 1.30. The van der Waals surface area contributed by atoms with E-state index in [0.717, 1.165) is 29.7 Å². The molecule has 0 bridgehead atoms. The third-order valence-electron chi connectivity index (χ3n) is 3.83. The Labute approximate surface area is 117 Å². The standard InChI is InChI=1S/C16H17FN2O/c17-14-3-1-12(2-4-14)13-7-15(9-19-8-13)20-11-16(10-18)5-6-16/h1-4,7-9H,5-6,10-11,18H2. The molecule has 2 aromatic rings. The second kappa shape index (κ2) is 5.21. The van der Waals surface area contributed by atoms with Gasteiger partial charge in [-0.25, -0.2) is 4.39 Å². The third kappa shape index (κ3) is 2.80. The maximum absolute atomic E-state index is 12.9. The first-order valence-corrected chi connectivity index (χ1v) is 6.75. The van der Waals surface area contributed by atoms with E-state index < -0.39 is 0 Å². The van der Waals surface area contributed by atoms with Crippen molar-refractivity contribution in [1.29, 1.82) is 0 Å². The van der Waals surface area contributed by atoms with Gasteiger partial charge in [0, 0.05) is 23.7 Å². The van der Waals surface area contributed by atoms with Crippen LogP contribution >= 0.6 is 0 Å². The minimum absolute atomic E-state index is 0.173. The van der Waals surface area contributed by atoms with Crippen molar-refractivity contribution in [2.75, 3.05) is 13.2 Å². The van der Waals surface area contributed by atoms with Crippen LogP contribution in [0.5, 0.6) is 5.75 Å². The summed E-state index contributed by atoms with van der Waals surface area (Å²) < 4.78 is 18.7. The zero-order valence-corrected chi connectivity index (χ0v) is 11.2. The van der Waals surface area contributed by atoms with Gasteiger partial charge in [-0.1, -0.05) is 12.1 Å². The molecule has 1 fully saturated rings. The smallest absolute Gasteiger partial charge is 0.138 e. The van der Waals surface area contributed by atoms with Crippen LogP contribution in [0.4, 0.5) is 4.39 Å². The summed E-state index contributed by atoms with van der Waals surface area (Å²) in [6, 6.07) is 8.27. The molecule has 3 nitrogen and oxygen atoms in total. The normalized spacial score (nSPS) is 15.9. The van der Waals surface area contributed by atoms with Gasteiger partial charge in [0.05, 0.1) is 12.8 Å². The summed E-state index contributed by atoms with van der Waals surface area (Å²) in [6.07, 6.45) is 5.71. The Balaban J connectivity index is 1.74. The van der Waals surface area contributed by atoms with Gasteiger partial charge in [0.15, 0.2) is 0 Å². The molecule has 3 rings (SSSR count). The molecular weight excluding hydrogens is 255 g/mol. The number of nitrogens with zero attached hydrogens (tertiary/aromatic N) is 1. The van der Waals surface area contributed by atoms with Crippen LogP contribution in [0, 0.1) is 11.2 Å². The van der Waals surface area contributed by atoms with Crippen molar-refractivity contribution in [2.24, 2.45) is 11.1 Å². The zero-order valence-electron chi connectivity index (χ0n) is 11.2. The van der Waals surface area contributed by atoms with Crippen LogP contribution in [-0.2, 0) is 0 Å². The molecule has 0 unspecified atom stereocenters. The van der Waals surface area contributed by atoms with Crippen molar-refractivity contribution in [3.63, 3.8) is 0 Å². The van der Waals surface area contributed by atoms with E-state index >= 15 is 0 Å². The highest BCUT2D eigenvalue weighted by atomic mass is 19.1. The Morgan fingerprint density at radius 2 is 1.90 bits per heavy atom. The Hall–Kier alpha value is -1.94. The van der Waals surface area contributed by atoms with E-state index in [9.17, 15) is 4.39 Å². The van der Waals surface area contributed by atoms with Gasteiger partial charge in [0.1, 0.15) is 11.6 Å². The number of pyridine rings is 1. The molecule has 20 heavy (non-hydrogen) atoms. The van der Waals surface area contributed by atoms with Crippen molar-refractivity contribution in [2.45, 2.75) is 12.8 Å². The molecule has 1 aromatic carbocycles. The summed E-state index contributed by atoms with van der Waals surface area (Å²) in [5, 5.41) is 0. The average Bonchev–Trinajstić information content (AvgIpc) is 3.27. The number of hydrogen-bond donors (Lipinski definition) is 1. The molecule has 1 heterocycles. The van der Waals surface area contributed by atoms with Crippen molar-refractivity contribution >= 4 is 0 Å². The lowest BCUT2D eigenvalue weighted by Crippen LogP contribution is -2.22. The first-order valence-electron chi connectivity index (χ1n) is 6.75. The number of aromatic nitrogens is 1. The molecule has 1 aliphatic carbocycles. The predicted molar refractivity (Wildman–Crippen MR) is 75.8 cm³/mol. The van der Waals surface area contributed by atoms with E-state index in [0.29, 0.717) is 13.2 Å². The SMILES string of the molecule is NCC1(COc2cncc(-c3ccc(F)cc3)c2)CC1. The quantitative estimate of drug-likeness (QED) is 0.910. The van der Waals surface area contributed by atoms with E-state index in [2.05, 4.69) is 4.98 Å². The van der Waals surface area contributed by atoms with E-state index in [4.69, 9.17) is 10.5 Å². The maximum Gasteiger partial charge on any atom is 0.138 e. The molecule has 0 saturated heterocycles. The first kappa shape index (κ1) is 13.1. The third-order valence-corrected chi connectivity index (χ3v) is 3.83. The van der Waals surface area contributed by atoms with Crippen LogP contribution in [0.15, 0.2) is 42.7 Å². The summed E-state index contributed by atoms with van der Waals surface area (Å²) in [5.74, 6) is 0.485. The van der Waals surface area contributed by atoms with Gasteiger partial charge >= 0.3 is 0 Å². The lowest BCUT2D eigenvalue weighted by atomic mass is 10.1. The molecule has 2 N–H and O–H groups in total. The lowest BCUT2D eigenvalue weighted by molar-refractivity contribution is 0.238. The first-order chi connectivity index (χ1) is 9.71. The Bertz CT molecular complexity index is 594. The fraction of sp³-hybridized carbons (Fsp3) is 0.312. The number of rotatable bonds is 5. The highest BCUT2D eigenvalue weighted by molar-refractivity contribution is 5.63. The Morgan fingerprint density at radius 1 is 1.15 bits per heavy atom. The van der Waals surface area contributed by atoms with Crippen LogP contribution in [0.25, 0.3) is 11.1 Å². The van der Waals surface area contributed by atoms with Crippen LogP contribution in [-0.4, -0.2) is 18.1 Å². The molecule has 1 aromatic heterocycles. The van der Waals surface area contributed by atoms with Crippen molar-refractivity contribution < 1.29 is 9.13 Å². The maximum atomic E-state index is 12.9. The van der Waals surface area contributed by atoms with E-state index in [1.165, 1.54) is 12.1 Å². The highest BCUT2D eigenvalue weighted by Gasteiger charge is 2.42. The monoisotopic (exact) mass is 272 g/mol. The molecular formula is C16H17FN2O. The summed E-state index contributed by atoms with van der Waals surface area (Å²) in [5.41, 5.74) is 7.75. The molecule has 0 radical (unpaired) electrons. The largest absolute Gasteiger partial charge is 0.491 e. The van der Waals surface area contributed by atoms with E-state index in [1.807, 2.05) is 6.07 Å². The number of benzene rings is 1. The number of halogens is 1. The van der Waals surface area contributed by atoms with Crippen LogP contribution in [0.2, 0.25) is 0 Å². The van der Waals surface area contributed by atoms with Gasteiger partial charge in [0.25, 0.3) is 0 Å². The molecule has 0 atom stereocenters. The molecule has 4 heteroatoms. The van der Waals surface area contributed by atoms with Crippen LogP contribution in [0.3, 0.4) is 0 Å². The van der Waals surface area contributed by atoms with Crippen LogP contribution < -0.4 is 10.5 Å². The average molecular weight is 272 g/mol.